The first-order valence-corrected chi connectivity index (χ1v) is 5.81. The van der Waals surface area contributed by atoms with Gasteiger partial charge in [-0.2, -0.15) is 4.37 Å². The van der Waals surface area contributed by atoms with E-state index in [4.69, 9.17) is 21.4 Å². The van der Waals surface area contributed by atoms with E-state index in [2.05, 4.69) is 4.37 Å². The van der Waals surface area contributed by atoms with Gasteiger partial charge in [-0.1, -0.05) is 23.7 Å². The van der Waals surface area contributed by atoms with E-state index in [1.165, 1.54) is 0 Å². The number of ether oxygens (including phenoxy) is 1. The number of aromatic carboxylic acids is 1. The third-order valence-corrected chi connectivity index (χ3v) is 3.49. The van der Waals surface area contributed by atoms with Gasteiger partial charge in [-0.15, -0.1) is 0 Å². The van der Waals surface area contributed by atoms with Crippen molar-refractivity contribution in [1.82, 2.24) is 4.37 Å². The van der Waals surface area contributed by atoms with E-state index in [1.807, 2.05) is 0 Å². The third kappa shape index (κ3) is 2.25. The molecule has 0 aliphatic rings. The Labute approximate surface area is 107 Å². The summed E-state index contributed by atoms with van der Waals surface area (Å²) >= 11 is 6.85. The molecule has 17 heavy (non-hydrogen) atoms. The van der Waals surface area contributed by atoms with Crippen LogP contribution in [0.4, 0.5) is 0 Å². The monoisotopic (exact) mass is 269 g/mol. The predicted molar refractivity (Wildman–Crippen MR) is 66.1 cm³/mol. The minimum Gasteiger partial charge on any atom is -0.497 e. The number of nitrogens with zero attached hydrogens (tertiary/aromatic N) is 1. The topological polar surface area (TPSA) is 59.4 Å². The molecule has 0 saturated carbocycles. The fourth-order valence-corrected chi connectivity index (χ4v) is 2.38. The fraction of sp³-hybridized carbons (Fsp3) is 0.0909. The molecule has 88 valence electrons. The van der Waals surface area contributed by atoms with Gasteiger partial charge in [0.05, 0.1) is 12.1 Å². The van der Waals surface area contributed by atoms with Crippen LogP contribution in [0.15, 0.2) is 24.3 Å². The molecule has 1 aromatic heterocycles. The number of halogens is 1. The van der Waals surface area contributed by atoms with Crippen LogP contribution in [0.2, 0.25) is 5.02 Å². The highest BCUT2D eigenvalue weighted by Gasteiger charge is 2.18. The summed E-state index contributed by atoms with van der Waals surface area (Å²) in [5.74, 6) is -0.398. The number of rotatable bonds is 3. The Bertz CT molecular complexity index is 568. The molecular formula is C11H8ClNO3S. The van der Waals surface area contributed by atoms with Crippen LogP contribution < -0.4 is 4.74 Å². The Balaban J connectivity index is 2.49. The molecule has 0 bridgehead atoms. The highest BCUT2D eigenvalue weighted by atomic mass is 35.5. The summed E-state index contributed by atoms with van der Waals surface area (Å²) in [6.45, 7) is 0. The summed E-state index contributed by atoms with van der Waals surface area (Å²) in [5, 5.41) is 9.05. The lowest BCUT2D eigenvalue weighted by atomic mass is 10.1. The van der Waals surface area contributed by atoms with Gasteiger partial charge < -0.3 is 9.84 Å². The predicted octanol–water partition coefficient (Wildman–Crippen LogP) is 3.17. The first-order valence-electron chi connectivity index (χ1n) is 4.66. The molecule has 6 heteroatoms. The molecular weight excluding hydrogens is 262 g/mol. The van der Waals surface area contributed by atoms with Crippen LogP contribution in [0.25, 0.3) is 11.3 Å². The standard InChI is InChI=1S/C11H8ClNO3S/c1-16-7-4-2-3-6(5-7)9-8(12)10(11(14)15)17-13-9/h2-5H,1H3,(H,14,15). The number of hydrogen-bond donors (Lipinski definition) is 1. The molecule has 0 atom stereocenters. The second-order valence-corrected chi connectivity index (χ2v) is 4.36. The average molecular weight is 270 g/mol. The Morgan fingerprint density at radius 3 is 2.88 bits per heavy atom. The molecule has 0 spiro atoms. The van der Waals surface area contributed by atoms with E-state index in [-0.39, 0.29) is 9.90 Å². The van der Waals surface area contributed by atoms with Crippen LogP contribution in [-0.4, -0.2) is 22.6 Å². The zero-order valence-electron chi connectivity index (χ0n) is 8.81. The molecule has 0 aliphatic heterocycles. The lowest BCUT2D eigenvalue weighted by Gasteiger charge is -2.02. The van der Waals surface area contributed by atoms with Gasteiger partial charge in [0.1, 0.15) is 11.4 Å². The second kappa shape index (κ2) is 4.73. The maximum atomic E-state index is 10.9. The van der Waals surface area contributed by atoms with E-state index in [1.54, 1.807) is 31.4 Å². The Morgan fingerprint density at radius 1 is 1.53 bits per heavy atom. The lowest BCUT2D eigenvalue weighted by Crippen LogP contribution is -1.92. The molecule has 0 radical (unpaired) electrons. The van der Waals surface area contributed by atoms with Crippen molar-refractivity contribution >= 4 is 29.1 Å². The van der Waals surface area contributed by atoms with E-state index in [0.717, 1.165) is 17.1 Å². The van der Waals surface area contributed by atoms with E-state index in [0.29, 0.717) is 11.4 Å². The lowest BCUT2D eigenvalue weighted by molar-refractivity contribution is 0.0702. The van der Waals surface area contributed by atoms with Gasteiger partial charge in [-0.25, -0.2) is 4.79 Å². The number of carboxylic acid groups (broad SMARTS) is 1. The summed E-state index contributed by atoms with van der Waals surface area (Å²) < 4.78 is 9.14. The SMILES string of the molecule is COc1cccc(-c2nsc(C(=O)O)c2Cl)c1. The highest BCUT2D eigenvalue weighted by molar-refractivity contribution is 7.09. The summed E-state index contributed by atoms with van der Waals surface area (Å²) in [6.07, 6.45) is 0. The summed E-state index contributed by atoms with van der Waals surface area (Å²) in [7, 11) is 1.56. The largest absolute Gasteiger partial charge is 0.497 e. The molecule has 0 aliphatic carbocycles. The van der Waals surface area contributed by atoms with Crippen molar-refractivity contribution < 1.29 is 14.6 Å². The molecule has 4 nitrogen and oxygen atoms in total. The van der Waals surface area contributed by atoms with Crippen molar-refractivity contribution in [3.63, 3.8) is 0 Å². The molecule has 1 heterocycles. The quantitative estimate of drug-likeness (QED) is 0.930. The summed E-state index contributed by atoms with van der Waals surface area (Å²) in [6, 6.07) is 7.15. The van der Waals surface area contributed by atoms with Gasteiger partial charge in [0.25, 0.3) is 0 Å². The molecule has 0 saturated heterocycles. The van der Waals surface area contributed by atoms with Crippen molar-refractivity contribution in [3.8, 4) is 17.0 Å². The molecule has 2 aromatic rings. The van der Waals surface area contributed by atoms with Gasteiger partial charge in [0.15, 0.2) is 4.88 Å². The maximum Gasteiger partial charge on any atom is 0.349 e. The van der Waals surface area contributed by atoms with Crippen molar-refractivity contribution in [2.24, 2.45) is 0 Å². The van der Waals surface area contributed by atoms with E-state index >= 15 is 0 Å². The summed E-state index contributed by atoms with van der Waals surface area (Å²) in [5.41, 5.74) is 1.20. The van der Waals surface area contributed by atoms with E-state index < -0.39 is 5.97 Å². The van der Waals surface area contributed by atoms with Crippen molar-refractivity contribution in [3.05, 3.63) is 34.2 Å². The van der Waals surface area contributed by atoms with Gasteiger partial charge in [-0.05, 0) is 23.7 Å². The number of methoxy groups -OCH3 is 1. The van der Waals surface area contributed by atoms with Crippen LogP contribution in [0.3, 0.4) is 0 Å². The van der Waals surface area contributed by atoms with Crippen LogP contribution in [0, 0.1) is 0 Å². The van der Waals surface area contributed by atoms with Gasteiger partial charge >= 0.3 is 5.97 Å². The molecule has 1 N–H and O–H groups in total. The Hall–Kier alpha value is -1.59. The molecule has 2 rings (SSSR count). The smallest absolute Gasteiger partial charge is 0.349 e. The van der Waals surface area contributed by atoms with Gasteiger partial charge in [-0.3, -0.25) is 0 Å². The Kier molecular flexibility index (Phi) is 3.31. The van der Waals surface area contributed by atoms with Crippen molar-refractivity contribution in [2.75, 3.05) is 7.11 Å². The van der Waals surface area contributed by atoms with Gasteiger partial charge in [0.2, 0.25) is 0 Å². The molecule has 0 amide bonds. The van der Waals surface area contributed by atoms with Crippen LogP contribution in [0.5, 0.6) is 5.75 Å². The van der Waals surface area contributed by atoms with Crippen molar-refractivity contribution in [2.45, 2.75) is 0 Å². The third-order valence-electron chi connectivity index (χ3n) is 2.17. The van der Waals surface area contributed by atoms with Gasteiger partial charge in [0, 0.05) is 5.56 Å². The number of aromatic nitrogens is 1. The number of carboxylic acids is 1. The minimum absolute atomic E-state index is 0.0458. The average Bonchev–Trinajstić information content (AvgIpc) is 2.71. The van der Waals surface area contributed by atoms with Crippen molar-refractivity contribution in [1.29, 1.82) is 0 Å². The van der Waals surface area contributed by atoms with Crippen LogP contribution in [-0.2, 0) is 0 Å². The zero-order chi connectivity index (χ0) is 12.4. The molecule has 1 aromatic carbocycles. The second-order valence-electron chi connectivity index (χ2n) is 3.21. The minimum atomic E-state index is -1.07. The number of carbonyl (C=O) groups is 1. The molecule has 0 unspecified atom stereocenters. The first kappa shape index (κ1) is 11.9. The van der Waals surface area contributed by atoms with E-state index in [9.17, 15) is 4.79 Å². The van der Waals surface area contributed by atoms with Crippen LogP contribution in [0.1, 0.15) is 9.67 Å². The Morgan fingerprint density at radius 2 is 2.29 bits per heavy atom. The number of hydrogen-bond acceptors (Lipinski definition) is 4. The first-order chi connectivity index (χ1) is 8.13. The molecule has 0 fully saturated rings. The zero-order valence-corrected chi connectivity index (χ0v) is 10.4. The fourth-order valence-electron chi connectivity index (χ4n) is 1.36. The summed E-state index contributed by atoms with van der Waals surface area (Å²) in [4.78, 5) is 10.9. The maximum absolute atomic E-state index is 10.9. The van der Waals surface area contributed by atoms with Crippen LogP contribution >= 0.6 is 23.1 Å². The highest BCUT2D eigenvalue weighted by Crippen LogP contribution is 2.33. The normalized spacial score (nSPS) is 10.2. The number of benzene rings is 1.